The molecule has 4 N–H and O–H groups in total. The monoisotopic (exact) mass is 385 g/mol. The number of hydroxylamine groups is 2. The van der Waals surface area contributed by atoms with Crippen LogP contribution in [-0.2, 0) is 14.3 Å². The standard InChI is InChI=1S/C15H16FN3O6S/c1-8(19(23)15(17)22)7-18-14(21)13-11(20)6-12(25-13)24-9-2-4-10(26-16)5-3-9/h2-6,8,13,23H,7H2,1H3,(H2,17,22)(H,18,21)/t8?,13-/m0/s1. The Balaban J connectivity index is 1.87. The quantitative estimate of drug-likeness (QED) is 0.364. The van der Waals surface area contributed by atoms with E-state index in [0.29, 0.717) is 10.6 Å². The third-order valence-electron chi connectivity index (χ3n) is 3.34. The summed E-state index contributed by atoms with van der Waals surface area (Å²) in [4.78, 5) is 35.1. The molecule has 1 unspecified atom stereocenters. The number of amides is 3. The minimum atomic E-state index is -1.45. The van der Waals surface area contributed by atoms with Gasteiger partial charge in [-0.2, -0.15) is 3.89 Å². The van der Waals surface area contributed by atoms with Gasteiger partial charge in [0.2, 0.25) is 11.9 Å². The molecular formula is C15H16FN3O6S. The van der Waals surface area contributed by atoms with E-state index in [2.05, 4.69) is 5.32 Å². The molecule has 9 nitrogen and oxygen atoms in total. The Morgan fingerprint density at radius 1 is 1.46 bits per heavy atom. The predicted molar refractivity (Wildman–Crippen MR) is 87.7 cm³/mol. The molecule has 0 fully saturated rings. The minimum Gasteiger partial charge on any atom is -0.443 e. The second-order valence-electron chi connectivity index (χ2n) is 5.29. The summed E-state index contributed by atoms with van der Waals surface area (Å²) in [5, 5.41) is 11.9. The van der Waals surface area contributed by atoms with E-state index in [-0.39, 0.29) is 29.7 Å². The van der Waals surface area contributed by atoms with E-state index < -0.39 is 29.9 Å². The van der Waals surface area contributed by atoms with Crippen molar-refractivity contribution in [2.45, 2.75) is 24.0 Å². The highest BCUT2D eigenvalue weighted by atomic mass is 32.2. The molecule has 1 aliphatic rings. The molecule has 1 aromatic carbocycles. The van der Waals surface area contributed by atoms with E-state index in [0.717, 1.165) is 6.08 Å². The number of benzene rings is 1. The first kappa shape index (κ1) is 19.5. The number of carbonyl (C=O) groups is 3. The molecule has 3 amide bonds. The van der Waals surface area contributed by atoms with Crippen LogP contribution in [0.1, 0.15) is 6.92 Å². The van der Waals surface area contributed by atoms with E-state index in [4.69, 9.17) is 15.2 Å². The van der Waals surface area contributed by atoms with Gasteiger partial charge >= 0.3 is 6.03 Å². The number of nitrogens with one attached hydrogen (secondary N) is 1. The van der Waals surface area contributed by atoms with E-state index >= 15 is 0 Å². The third kappa shape index (κ3) is 4.86. The van der Waals surface area contributed by atoms with Crippen LogP contribution in [0.5, 0.6) is 5.75 Å². The predicted octanol–water partition coefficient (Wildman–Crippen LogP) is 1.13. The summed E-state index contributed by atoms with van der Waals surface area (Å²) in [6.45, 7) is 1.29. The fraction of sp³-hybridized carbons (Fsp3) is 0.267. The molecule has 26 heavy (non-hydrogen) atoms. The Morgan fingerprint density at radius 2 is 2.12 bits per heavy atom. The van der Waals surface area contributed by atoms with Crippen LogP contribution in [-0.4, -0.2) is 46.7 Å². The molecule has 1 aliphatic heterocycles. The lowest BCUT2D eigenvalue weighted by Crippen LogP contribution is -2.48. The minimum absolute atomic E-state index is 0.0778. The molecule has 0 aromatic heterocycles. The van der Waals surface area contributed by atoms with Gasteiger partial charge in [-0.15, -0.1) is 0 Å². The summed E-state index contributed by atoms with van der Waals surface area (Å²) >= 11 is 0.0778. The maximum absolute atomic E-state index is 12.4. The summed E-state index contributed by atoms with van der Waals surface area (Å²) in [7, 11) is 0. The molecular weight excluding hydrogens is 369 g/mol. The lowest BCUT2D eigenvalue weighted by Gasteiger charge is -2.21. The first-order chi connectivity index (χ1) is 12.3. The van der Waals surface area contributed by atoms with Gasteiger partial charge in [-0.1, -0.05) is 0 Å². The van der Waals surface area contributed by atoms with Gasteiger partial charge in [0.15, 0.2) is 0 Å². The average molecular weight is 385 g/mol. The fourth-order valence-electron chi connectivity index (χ4n) is 1.96. The normalized spacial score (nSPS) is 17.1. The molecule has 1 heterocycles. The van der Waals surface area contributed by atoms with Crippen LogP contribution in [0.4, 0.5) is 8.68 Å². The van der Waals surface area contributed by atoms with Crippen LogP contribution < -0.4 is 15.8 Å². The number of rotatable bonds is 7. The maximum atomic E-state index is 12.4. The number of urea groups is 1. The summed E-state index contributed by atoms with van der Waals surface area (Å²) in [5.41, 5.74) is 4.90. The molecule has 0 bridgehead atoms. The van der Waals surface area contributed by atoms with Crippen LogP contribution in [0.2, 0.25) is 0 Å². The Labute approximate surface area is 152 Å². The van der Waals surface area contributed by atoms with E-state index in [1.165, 1.54) is 31.2 Å². The van der Waals surface area contributed by atoms with Crippen molar-refractivity contribution < 1.29 is 33.0 Å². The SMILES string of the molecule is CC(CNC(=O)[C@H]1OC(Oc2ccc(SF)cc2)=CC1=O)N(O)C(N)=O. The number of hydrogen-bond acceptors (Lipinski definition) is 7. The Morgan fingerprint density at radius 3 is 2.69 bits per heavy atom. The second-order valence-corrected chi connectivity index (χ2v) is 5.92. The molecule has 11 heteroatoms. The number of nitrogens with two attached hydrogens (primary N) is 1. The summed E-state index contributed by atoms with van der Waals surface area (Å²) < 4.78 is 22.9. The van der Waals surface area contributed by atoms with Crippen LogP contribution in [0.3, 0.4) is 0 Å². The number of nitrogens with zero attached hydrogens (tertiary/aromatic N) is 1. The molecule has 2 atom stereocenters. The summed E-state index contributed by atoms with van der Waals surface area (Å²) in [6, 6.07) is 4.03. The van der Waals surface area contributed by atoms with Crippen molar-refractivity contribution in [2.24, 2.45) is 5.73 Å². The average Bonchev–Trinajstić information content (AvgIpc) is 2.99. The lowest BCUT2D eigenvalue weighted by atomic mass is 10.2. The lowest BCUT2D eigenvalue weighted by molar-refractivity contribution is -0.138. The van der Waals surface area contributed by atoms with E-state index in [9.17, 15) is 23.5 Å². The molecule has 1 aromatic rings. The van der Waals surface area contributed by atoms with Crippen molar-refractivity contribution in [1.82, 2.24) is 10.4 Å². The van der Waals surface area contributed by atoms with Crippen molar-refractivity contribution in [3.63, 3.8) is 0 Å². The van der Waals surface area contributed by atoms with Gasteiger partial charge in [0.05, 0.1) is 24.3 Å². The van der Waals surface area contributed by atoms with E-state index in [1.807, 2.05) is 0 Å². The maximum Gasteiger partial charge on any atom is 0.338 e. The molecule has 140 valence electrons. The molecule has 0 spiro atoms. The molecule has 0 saturated carbocycles. The van der Waals surface area contributed by atoms with Gasteiger partial charge in [-0.05, 0) is 31.2 Å². The number of ketones is 1. The van der Waals surface area contributed by atoms with Crippen molar-refractivity contribution >= 4 is 29.9 Å². The Kier molecular flexibility index (Phi) is 6.41. The summed E-state index contributed by atoms with van der Waals surface area (Å²) in [6.07, 6.45) is -0.425. The highest BCUT2D eigenvalue weighted by molar-refractivity contribution is 7.94. The topological polar surface area (TPSA) is 131 Å². The van der Waals surface area contributed by atoms with Gasteiger partial charge < -0.3 is 20.5 Å². The zero-order valence-electron chi connectivity index (χ0n) is 13.5. The number of halogens is 1. The molecule has 0 aliphatic carbocycles. The number of ether oxygens (including phenoxy) is 2. The van der Waals surface area contributed by atoms with Gasteiger partial charge in [0.1, 0.15) is 5.75 Å². The molecule has 0 saturated heterocycles. The Bertz CT molecular complexity index is 727. The van der Waals surface area contributed by atoms with Crippen molar-refractivity contribution in [3.05, 3.63) is 36.3 Å². The number of carbonyl (C=O) groups excluding carboxylic acids is 3. The van der Waals surface area contributed by atoms with Crippen LogP contribution in [0.25, 0.3) is 0 Å². The zero-order chi connectivity index (χ0) is 19.3. The first-order valence-electron chi connectivity index (χ1n) is 7.35. The summed E-state index contributed by atoms with van der Waals surface area (Å²) in [5.74, 6) is -1.27. The third-order valence-corrected chi connectivity index (χ3v) is 3.79. The van der Waals surface area contributed by atoms with Gasteiger partial charge in [0, 0.05) is 11.4 Å². The second kappa shape index (κ2) is 8.54. The van der Waals surface area contributed by atoms with Gasteiger partial charge in [-0.25, -0.2) is 9.86 Å². The van der Waals surface area contributed by atoms with Crippen LogP contribution in [0, 0.1) is 0 Å². The highest BCUT2D eigenvalue weighted by Crippen LogP contribution is 2.24. The van der Waals surface area contributed by atoms with Gasteiger partial charge in [0.25, 0.3) is 11.9 Å². The van der Waals surface area contributed by atoms with Crippen LogP contribution in [0.15, 0.2) is 41.2 Å². The smallest absolute Gasteiger partial charge is 0.338 e. The van der Waals surface area contributed by atoms with Crippen molar-refractivity contribution in [2.75, 3.05) is 6.54 Å². The van der Waals surface area contributed by atoms with Crippen molar-refractivity contribution in [3.8, 4) is 5.75 Å². The zero-order valence-corrected chi connectivity index (χ0v) is 14.4. The number of primary amides is 1. The number of hydrogen-bond donors (Lipinski definition) is 3. The largest absolute Gasteiger partial charge is 0.443 e. The van der Waals surface area contributed by atoms with Crippen LogP contribution >= 0.6 is 12.1 Å². The Hall–Kier alpha value is -2.79. The molecule has 2 rings (SSSR count). The first-order valence-corrected chi connectivity index (χ1v) is 8.07. The van der Waals surface area contributed by atoms with Crippen molar-refractivity contribution in [1.29, 1.82) is 0 Å². The highest BCUT2D eigenvalue weighted by Gasteiger charge is 2.35. The fourth-order valence-corrected chi connectivity index (χ4v) is 2.20. The van der Waals surface area contributed by atoms with E-state index in [1.54, 1.807) is 0 Å². The van der Waals surface area contributed by atoms with Gasteiger partial charge in [-0.3, -0.25) is 14.8 Å². The molecule has 0 radical (unpaired) electrons.